The number of carbonyl (C=O) groups excluding carboxylic acids is 1. The summed E-state index contributed by atoms with van der Waals surface area (Å²) in [5.74, 6) is -0.255. The van der Waals surface area contributed by atoms with Crippen molar-refractivity contribution in [2.45, 2.75) is 38.7 Å². The molecule has 5 heteroatoms. The monoisotopic (exact) mass is 255 g/mol. The van der Waals surface area contributed by atoms with E-state index in [1.54, 1.807) is 0 Å². The molecule has 0 radical (unpaired) electrons. The van der Waals surface area contributed by atoms with Crippen molar-refractivity contribution in [1.82, 2.24) is 4.90 Å². The van der Waals surface area contributed by atoms with Gasteiger partial charge in [0.25, 0.3) is 0 Å². The van der Waals surface area contributed by atoms with Crippen LogP contribution in [0.15, 0.2) is 0 Å². The summed E-state index contributed by atoms with van der Waals surface area (Å²) in [6.07, 6.45) is 2.82. The Balaban J connectivity index is 1.73. The Kier molecular flexibility index (Phi) is 4.22. The zero-order valence-corrected chi connectivity index (χ0v) is 10.8. The number of hydrogen-bond acceptors (Lipinski definition) is 3. The lowest BCUT2D eigenvalue weighted by atomic mass is 9.93. The molecule has 5 nitrogen and oxygen atoms in total. The molecule has 1 saturated carbocycles. The molecule has 1 saturated heterocycles. The van der Waals surface area contributed by atoms with Crippen molar-refractivity contribution in [3.8, 4) is 0 Å². The number of piperidine rings is 1. The predicted molar refractivity (Wildman–Crippen MR) is 65.1 cm³/mol. The Morgan fingerprint density at radius 1 is 1.33 bits per heavy atom. The molecule has 1 aliphatic carbocycles. The first-order valence-corrected chi connectivity index (χ1v) is 6.74. The molecule has 0 aromatic carbocycles. The Bertz CT molecular complexity index is 323. The summed E-state index contributed by atoms with van der Waals surface area (Å²) in [5.41, 5.74) is 0. The van der Waals surface area contributed by atoms with E-state index in [4.69, 9.17) is 9.84 Å². The number of carbonyl (C=O) groups is 2. The number of carboxylic acid groups (broad SMARTS) is 1. The van der Waals surface area contributed by atoms with Gasteiger partial charge in [-0.05, 0) is 32.1 Å². The van der Waals surface area contributed by atoms with E-state index in [1.165, 1.54) is 0 Å². The van der Waals surface area contributed by atoms with Gasteiger partial charge in [0.15, 0.2) is 0 Å². The number of amides is 1. The molecular formula is C13H21NO4. The first kappa shape index (κ1) is 13.3. The number of rotatable bonds is 5. The van der Waals surface area contributed by atoms with Crippen LogP contribution >= 0.6 is 0 Å². The molecule has 1 aliphatic heterocycles. The van der Waals surface area contributed by atoms with E-state index < -0.39 is 5.97 Å². The first-order valence-electron chi connectivity index (χ1n) is 6.74. The average Bonchev–Trinajstić information content (AvgIpc) is 3.08. The standard InChI is InChI=1S/C13H21NO4/c1-2-18-11-8-10(11)13(17)14-5-3-9(4-6-14)7-12(15)16/h9-11H,2-8H2,1H3,(H,15,16)/t10-,11+/m0/s1. The maximum atomic E-state index is 12.1. The van der Waals surface area contributed by atoms with Gasteiger partial charge in [0, 0.05) is 26.1 Å². The van der Waals surface area contributed by atoms with Crippen LogP contribution in [0.2, 0.25) is 0 Å². The molecule has 0 spiro atoms. The summed E-state index contributed by atoms with van der Waals surface area (Å²) >= 11 is 0. The smallest absolute Gasteiger partial charge is 0.303 e. The highest BCUT2D eigenvalue weighted by atomic mass is 16.5. The second kappa shape index (κ2) is 5.69. The molecule has 102 valence electrons. The fourth-order valence-corrected chi connectivity index (χ4v) is 2.67. The third-order valence-corrected chi connectivity index (χ3v) is 3.82. The molecule has 2 aliphatic rings. The second-order valence-corrected chi connectivity index (χ2v) is 5.20. The molecule has 1 N–H and O–H groups in total. The minimum Gasteiger partial charge on any atom is -0.481 e. The van der Waals surface area contributed by atoms with Crippen molar-refractivity contribution in [2.24, 2.45) is 11.8 Å². The normalized spacial score (nSPS) is 28.2. The zero-order valence-electron chi connectivity index (χ0n) is 10.8. The van der Waals surface area contributed by atoms with Crippen LogP contribution < -0.4 is 0 Å². The SMILES string of the molecule is CCO[C@@H]1C[C@@H]1C(=O)N1CCC(CC(=O)O)CC1. The lowest BCUT2D eigenvalue weighted by Gasteiger charge is -2.31. The van der Waals surface area contributed by atoms with Gasteiger partial charge in [-0.15, -0.1) is 0 Å². The van der Waals surface area contributed by atoms with E-state index in [0.717, 1.165) is 19.3 Å². The van der Waals surface area contributed by atoms with Crippen molar-refractivity contribution in [3.63, 3.8) is 0 Å². The Morgan fingerprint density at radius 2 is 2.00 bits per heavy atom. The Morgan fingerprint density at radius 3 is 2.56 bits per heavy atom. The Hall–Kier alpha value is -1.10. The lowest BCUT2D eigenvalue weighted by Crippen LogP contribution is -2.40. The van der Waals surface area contributed by atoms with Crippen LogP contribution in [-0.2, 0) is 14.3 Å². The molecule has 2 fully saturated rings. The van der Waals surface area contributed by atoms with E-state index in [9.17, 15) is 9.59 Å². The fraction of sp³-hybridized carbons (Fsp3) is 0.846. The summed E-state index contributed by atoms with van der Waals surface area (Å²) < 4.78 is 5.43. The van der Waals surface area contributed by atoms with Crippen molar-refractivity contribution >= 4 is 11.9 Å². The zero-order chi connectivity index (χ0) is 13.1. The van der Waals surface area contributed by atoms with Crippen molar-refractivity contribution in [2.75, 3.05) is 19.7 Å². The first-order chi connectivity index (χ1) is 8.61. The van der Waals surface area contributed by atoms with Gasteiger partial charge in [0.1, 0.15) is 0 Å². The van der Waals surface area contributed by atoms with Gasteiger partial charge in [-0.25, -0.2) is 0 Å². The third-order valence-electron chi connectivity index (χ3n) is 3.82. The van der Waals surface area contributed by atoms with E-state index in [0.29, 0.717) is 19.7 Å². The van der Waals surface area contributed by atoms with E-state index >= 15 is 0 Å². The number of hydrogen-bond donors (Lipinski definition) is 1. The van der Waals surface area contributed by atoms with Crippen LogP contribution in [0, 0.1) is 11.8 Å². The number of ether oxygens (including phenoxy) is 1. The molecule has 2 atom stereocenters. The largest absolute Gasteiger partial charge is 0.481 e. The topological polar surface area (TPSA) is 66.8 Å². The molecular weight excluding hydrogens is 234 g/mol. The van der Waals surface area contributed by atoms with Crippen LogP contribution in [0.1, 0.15) is 32.6 Å². The van der Waals surface area contributed by atoms with E-state index in [1.807, 2.05) is 11.8 Å². The highest BCUT2D eigenvalue weighted by Crippen LogP contribution is 2.36. The van der Waals surface area contributed by atoms with Gasteiger partial charge in [0.2, 0.25) is 5.91 Å². The molecule has 0 aromatic heterocycles. The molecule has 18 heavy (non-hydrogen) atoms. The highest BCUT2D eigenvalue weighted by Gasteiger charge is 2.46. The Labute approximate surface area is 107 Å². The van der Waals surface area contributed by atoms with Gasteiger partial charge in [-0.2, -0.15) is 0 Å². The minimum atomic E-state index is -0.738. The predicted octanol–water partition coefficient (Wildman–Crippen LogP) is 1.12. The maximum Gasteiger partial charge on any atom is 0.303 e. The van der Waals surface area contributed by atoms with E-state index in [2.05, 4.69) is 0 Å². The molecule has 1 heterocycles. The fourth-order valence-electron chi connectivity index (χ4n) is 2.67. The van der Waals surface area contributed by atoms with Gasteiger partial charge >= 0.3 is 5.97 Å². The van der Waals surface area contributed by atoms with Crippen molar-refractivity contribution < 1.29 is 19.4 Å². The van der Waals surface area contributed by atoms with Crippen LogP contribution in [-0.4, -0.2) is 47.7 Å². The van der Waals surface area contributed by atoms with Crippen molar-refractivity contribution in [3.05, 3.63) is 0 Å². The molecule has 0 bridgehead atoms. The summed E-state index contributed by atoms with van der Waals surface area (Å²) in [4.78, 5) is 24.6. The van der Waals surface area contributed by atoms with Crippen LogP contribution in [0.25, 0.3) is 0 Å². The van der Waals surface area contributed by atoms with Gasteiger partial charge < -0.3 is 14.7 Å². The van der Waals surface area contributed by atoms with Crippen molar-refractivity contribution in [1.29, 1.82) is 0 Å². The van der Waals surface area contributed by atoms with Crippen LogP contribution in [0.3, 0.4) is 0 Å². The molecule has 0 unspecified atom stereocenters. The average molecular weight is 255 g/mol. The summed E-state index contributed by atoms with van der Waals surface area (Å²) in [5, 5.41) is 8.74. The number of nitrogens with zero attached hydrogens (tertiary/aromatic N) is 1. The minimum absolute atomic E-state index is 0.0565. The lowest BCUT2D eigenvalue weighted by molar-refractivity contribution is -0.139. The molecule has 0 aromatic rings. The van der Waals surface area contributed by atoms with Gasteiger partial charge in [-0.3, -0.25) is 9.59 Å². The van der Waals surface area contributed by atoms with Crippen LogP contribution in [0.4, 0.5) is 0 Å². The number of aliphatic carboxylic acids is 1. The second-order valence-electron chi connectivity index (χ2n) is 5.20. The van der Waals surface area contributed by atoms with E-state index in [-0.39, 0.29) is 30.3 Å². The van der Waals surface area contributed by atoms with Gasteiger partial charge in [0.05, 0.1) is 12.0 Å². The number of carboxylic acids is 1. The highest BCUT2D eigenvalue weighted by molar-refractivity contribution is 5.82. The summed E-state index contributed by atoms with van der Waals surface area (Å²) in [6.45, 7) is 4.00. The molecule has 2 rings (SSSR count). The summed E-state index contributed by atoms with van der Waals surface area (Å²) in [7, 11) is 0. The number of likely N-dealkylation sites (tertiary alicyclic amines) is 1. The van der Waals surface area contributed by atoms with Gasteiger partial charge in [-0.1, -0.05) is 0 Å². The third kappa shape index (κ3) is 3.22. The maximum absolute atomic E-state index is 12.1. The quantitative estimate of drug-likeness (QED) is 0.799. The van der Waals surface area contributed by atoms with Crippen LogP contribution in [0.5, 0.6) is 0 Å². The molecule has 1 amide bonds. The summed E-state index contributed by atoms with van der Waals surface area (Å²) in [6, 6.07) is 0.